The van der Waals surface area contributed by atoms with Gasteiger partial charge in [0.1, 0.15) is 5.69 Å². The molecule has 1 aromatic carbocycles. The molecule has 146 valence electrons. The molecule has 0 unspecified atom stereocenters. The Morgan fingerprint density at radius 3 is 2.43 bits per heavy atom. The van der Waals surface area contributed by atoms with Crippen LogP contribution in [0.5, 0.6) is 17.2 Å². The number of ether oxygens (including phenoxy) is 3. The first-order valence-electron chi connectivity index (χ1n) is 8.16. The molecule has 3 aromatic rings. The summed E-state index contributed by atoms with van der Waals surface area (Å²) in [6, 6.07) is 5.15. The number of methoxy groups -OCH3 is 3. The second-order valence-corrected chi connectivity index (χ2v) is 5.53. The van der Waals surface area contributed by atoms with Crippen LogP contribution < -0.4 is 19.5 Å². The summed E-state index contributed by atoms with van der Waals surface area (Å²) in [5.41, 5.74) is 1.33. The lowest BCUT2D eigenvalue weighted by Gasteiger charge is -2.12. The molecular formula is C18H19N5O5. The molecule has 0 bridgehead atoms. The highest BCUT2D eigenvalue weighted by atomic mass is 16.5. The smallest absolute Gasteiger partial charge is 0.322 e. The van der Waals surface area contributed by atoms with Gasteiger partial charge in [-0.1, -0.05) is 5.10 Å². The maximum atomic E-state index is 12.2. The van der Waals surface area contributed by atoms with Gasteiger partial charge in [-0.15, -0.1) is 5.10 Å². The van der Waals surface area contributed by atoms with Crippen LogP contribution >= 0.6 is 0 Å². The molecule has 2 heterocycles. The first-order valence-corrected chi connectivity index (χ1v) is 8.16. The van der Waals surface area contributed by atoms with Gasteiger partial charge in [-0.3, -0.25) is 14.8 Å². The lowest BCUT2D eigenvalue weighted by molar-refractivity contribution is -0.112. The molecule has 10 nitrogen and oxygen atoms in total. The molecule has 0 fully saturated rings. The first-order chi connectivity index (χ1) is 13.5. The fourth-order valence-corrected chi connectivity index (χ4v) is 2.48. The fraction of sp³-hybridized carbons (Fsp3) is 0.222. The van der Waals surface area contributed by atoms with E-state index in [1.54, 1.807) is 42.2 Å². The Morgan fingerprint density at radius 1 is 1.14 bits per heavy atom. The quantitative estimate of drug-likeness (QED) is 0.616. The highest BCUT2D eigenvalue weighted by Gasteiger charge is 2.14. The SMILES string of the molecule is COc1cc(C=CC(=O)Nc2nnc(-c3ccnn3C)o2)cc(OC)c1OC. The van der Waals surface area contributed by atoms with Gasteiger partial charge in [-0.2, -0.15) is 5.10 Å². The number of carbonyl (C=O) groups excluding carboxylic acids is 1. The summed E-state index contributed by atoms with van der Waals surface area (Å²) >= 11 is 0. The Hall–Kier alpha value is -3.82. The molecule has 10 heteroatoms. The van der Waals surface area contributed by atoms with E-state index >= 15 is 0 Å². The number of benzene rings is 1. The predicted molar refractivity (Wildman–Crippen MR) is 100 cm³/mol. The van der Waals surface area contributed by atoms with Gasteiger partial charge >= 0.3 is 6.01 Å². The van der Waals surface area contributed by atoms with Crippen LogP contribution in [-0.4, -0.2) is 47.2 Å². The number of nitrogens with zero attached hydrogens (tertiary/aromatic N) is 4. The first kappa shape index (κ1) is 19.0. The van der Waals surface area contributed by atoms with Crippen LogP contribution in [0.1, 0.15) is 5.56 Å². The summed E-state index contributed by atoms with van der Waals surface area (Å²) in [5, 5.41) is 14.2. The average Bonchev–Trinajstić information content (AvgIpc) is 3.33. The van der Waals surface area contributed by atoms with Gasteiger partial charge < -0.3 is 18.6 Å². The van der Waals surface area contributed by atoms with Crippen molar-refractivity contribution in [2.24, 2.45) is 7.05 Å². The Kier molecular flexibility index (Phi) is 5.58. The number of hydrogen-bond acceptors (Lipinski definition) is 8. The lowest BCUT2D eigenvalue weighted by Crippen LogP contribution is -2.07. The van der Waals surface area contributed by atoms with Crippen molar-refractivity contribution in [3.8, 4) is 28.8 Å². The van der Waals surface area contributed by atoms with E-state index in [4.69, 9.17) is 18.6 Å². The number of aryl methyl sites for hydroxylation is 1. The largest absolute Gasteiger partial charge is 0.493 e. The number of amides is 1. The van der Waals surface area contributed by atoms with Gasteiger partial charge in [0.05, 0.1) is 21.3 Å². The van der Waals surface area contributed by atoms with E-state index < -0.39 is 5.91 Å². The van der Waals surface area contributed by atoms with E-state index in [9.17, 15) is 4.79 Å². The van der Waals surface area contributed by atoms with E-state index in [0.29, 0.717) is 28.5 Å². The van der Waals surface area contributed by atoms with Gasteiger partial charge in [-0.25, -0.2) is 0 Å². The Morgan fingerprint density at radius 2 is 1.86 bits per heavy atom. The van der Waals surface area contributed by atoms with Crippen LogP contribution in [0.2, 0.25) is 0 Å². The second kappa shape index (κ2) is 8.25. The maximum Gasteiger partial charge on any atom is 0.322 e. The number of hydrogen-bond donors (Lipinski definition) is 1. The Labute approximate surface area is 160 Å². The number of nitrogens with one attached hydrogen (secondary N) is 1. The van der Waals surface area contributed by atoms with Crippen molar-refractivity contribution < 1.29 is 23.4 Å². The molecule has 2 aromatic heterocycles. The van der Waals surface area contributed by atoms with E-state index in [1.165, 1.54) is 27.4 Å². The van der Waals surface area contributed by atoms with Gasteiger partial charge in [0, 0.05) is 19.3 Å². The maximum absolute atomic E-state index is 12.2. The third kappa shape index (κ3) is 3.95. The minimum absolute atomic E-state index is 0.0178. The van der Waals surface area contributed by atoms with Gasteiger partial charge in [0.2, 0.25) is 5.75 Å². The minimum Gasteiger partial charge on any atom is -0.493 e. The molecule has 0 saturated heterocycles. The summed E-state index contributed by atoms with van der Waals surface area (Å²) in [4.78, 5) is 12.2. The zero-order valence-corrected chi connectivity index (χ0v) is 15.8. The molecular weight excluding hydrogens is 366 g/mol. The van der Waals surface area contributed by atoms with E-state index in [0.717, 1.165) is 0 Å². The van der Waals surface area contributed by atoms with Crippen molar-refractivity contribution in [1.82, 2.24) is 20.0 Å². The Bertz CT molecular complexity index is 982. The summed E-state index contributed by atoms with van der Waals surface area (Å²) in [6.07, 6.45) is 4.53. The number of carbonyl (C=O) groups is 1. The van der Waals surface area contributed by atoms with Crippen molar-refractivity contribution in [2.75, 3.05) is 26.6 Å². The van der Waals surface area contributed by atoms with Crippen molar-refractivity contribution in [3.63, 3.8) is 0 Å². The normalized spacial score (nSPS) is 10.9. The van der Waals surface area contributed by atoms with Crippen LogP contribution in [-0.2, 0) is 11.8 Å². The molecule has 0 radical (unpaired) electrons. The van der Waals surface area contributed by atoms with E-state index in [-0.39, 0.29) is 11.9 Å². The summed E-state index contributed by atoms with van der Waals surface area (Å²) in [6.45, 7) is 0. The van der Waals surface area contributed by atoms with Crippen LogP contribution in [0.3, 0.4) is 0 Å². The third-order valence-electron chi connectivity index (χ3n) is 3.81. The molecule has 0 aliphatic heterocycles. The van der Waals surface area contributed by atoms with Gasteiger partial charge in [-0.05, 0) is 29.8 Å². The van der Waals surface area contributed by atoms with Crippen LogP contribution in [0.15, 0.2) is 34.9 Å². The van der Waals surface area contributed by atoms with Crippen molar-refractivity contribution in [1.29, 1.82) is 0 Å². The Balaban J connectivity index is 1.72. The number of rotatable bonds is 7. The standard InChI is InChI=1S/C18H19N5O5/c1-23-12(7-8-19-23)17-21-22-18(28-17)20-15(24)6-5-11-9-13(25-2)16(27-4)14(10-11)26-3/h5-10H,1-4H3,(H,20,22,24). The van der Waals surface area contributed by atoms with Crippen molar-refractivity contribution in [2.45, 2.75) is 0 Å². The van der Waals surface area contributed by atoms with Gasteiger partial charge in [0.25, 0.3) is 11.8 Å². The molecule has 0 spiro atoms. The zero-order chi connectivity index (χ0) is 20.1. The molecule has 1 N–H and O–H groups in total. The van der Waals surface area contributed by atoms with Crippen molar-refractivity contribution in [3.05, 3.63) is 36.0 Å². The molecule has 0 atom stereocenters. The molecule has 1 amide bonds. The van der Waals surface area contributed by atoms with Gasteiger partial charge in [0.15, 0.2) is 11.5 Å². The monoisotopic (exact) mass is 385 g/mol. The molecule has 28 heavy (non-hydrogen) atoms. The number of aromatic nitrogens is 4. The molecule has 0 aliphatic rings. The molecule has 0 aliphatic carbocycles. The highest BCUT2D eigenvalue weighted by Crippen LogP contribution is 2.38. The third-order valence-corrected chi connectivity index (χ3v) is 3.81. The summed E-state index contributed by atoms with van der Waals surface area (Å²) in [7, 11) is 6.31. The molecule has 3 rings (SSSR count). The lowest BCUT2D eigenvalue weighted by atomic mass is 10.1. The van der Waals surface area contributed by atoms with E-state index in [2.05, 4.69) is 20.6 Å². The van der Waals surface area contributed by atoms with Crippen LogP contribution in [0, 0.1) is 0 Å². The fourth-order valence-electron chi connectivity index (χ4n) is 2.48. The average molecular weight is 385 g/mol. The summed E-state index contributed by atoms with van der Waals surface area (Å²) < 4.78 is 22.9. The topological polar surface area (TPSA) is 114 Å². The zero-order valence-electron chi connectivity index (χ0n) is 15.8. The van der Waals surface area contributed by atoms with E-state index in [1.807, 2.05) is 0 Å². The van der Waals surface area contributed by atoms with Crippen LogP contribution in [0.4, 0.5) is 6.01 Å². The summed E-state index contributed by atoms with van der Waals surface area (Å²) in [5.74, 6) is 1.26. The molecule has 0 saturated carbocycles. The number of anilines is 1. The highest BCUT2D eigenvalue weighted by molar-refractivity contribution is 6.00. The predicted octanol–water partition coefficient (Wildman–Crippen LogP) is 2.15. The minimum atomic E-state index is -0.436. The van der Waals surface area contributed by atoms with Crippen molar-refractivity contribution >= 4 is 18.0 Å². The van der Waals surface area contributed by atoms with Crippen LogP contribution in [0.25, 0.3) is 17.7 Å². The second-order valence-electron chi connectivity index (χ2n) is 5.53.